The molecule has 8 atom stereocenters. The maximum absolute atomic E-state index is 13.8. The number of ketones is 2. The first-order valence-corrected chi connectivity index (χ1v) is 10.7. The summed E-state index contributed by atoms with van der Waals surface area (Å²) in [6.07, 6.45) is -0.215. The van der Waals surface area contributed by atoms with Crippen LogP contribution in [0, 0.1) is 34.5 Å². The van der Waals surface area contributed by atoms with E-state index in [4.69, 9.17) is 14.2 Å². The van der Waals surface area contributed by atoms with Gasteiger partial charge < -0.3 is 14.2 Å². The number of Topliss-reactive ketones (excluding diaryl/α,β-unsaturated/α-hetero) is 2. The molecule has 0 aromatic carbocycles. The van der Waals surface area contributed by atoms with Crippen LogP contribution in [0.5, 0.6) is 0 Å². The number of carbonyl (C=O) groups excluding carboxylic acids is 4. The van der Waals surface area contributed by atoms with Crippen molar-refractivity contribution in [2.45, 2.75) is 66.1 Å². The normalized spacial score (nSPS) is 45.3. The number of carbonyl (C=O) groups is 4. The molecule has 8 unspecified atom stereocenters. The Bertz CT molecular complexity index is 873. The Hall–Kier alpha value is -2.18. The Morgan fingerprint density at radius 3 is 2.43 bits per heavy atom. The zero-order valence-electron chi connectivity index (χ0n) is 18.4. The minimum atomic E-state index is -1.04. The summed E-state index contributed by atoms with van der Waals surface area (Å²) >= 11 is 0. The predicted molar refractivity (Wildman–Crippen MR) is 105 cm³/mol. The number of esters is 2. The summed E-state index contributed by atoms with van der Waals surface area (Å²) in [6.45, 7) is 8.96. The summed E-state index contributed by atoms with van der Waals surface area (Å²) < 4.78 is 16.7. The molecule has 30 heavy (non-hydrogen) atoms. The van der Waals surface area contributed by atoms with Crippen molar-refractivity contribution in [3.8, 4) is 0 Å². The second-order valence-electron chi connectivity index (χ2n) is 9.91. The first kappa shape index (κ1) is 21.1. The molecule has 0 radical (unpaired) electrons. The molecule has 0 spiro atoms. The lowest BCUT2D eigenvalue weighted by Crippen LogP contribution is -2.70. The summed E-state index contributed by atoms with van der Waals surface area (Å²) in [5, 5.41) is 0. The Morgan fingerprint density at radius 2 is 1.83 bits per heavy atom. The number of methoxy groups -OCH3 is 1. The lowest BCUT2D eigenvalue weighted by Gasteiger charge is -2.65. The van der Waals surface area contributed by atoms with E-state index in [9.17, 15) is 19.2 Å². The van der Waals surface area contributed by atoms with Crippen LogP contribution in [-0.2, 0) is 33.4 Å². The van der Waals surface area contributed by atoms with Gasteiger partial charge >= 0.3 is 11.9 Å². The Morgan fingerprint density at radius 1 is 1.17 bits per heavy atom. The van der Waals surface area contributed by atoms with Crippen LogP contribution in [-0.4, -0.2) is 42.8 Å². The highest BCUT2D eigenvalue weighted by Crippen LogP contribution is 2.67. The van der Waals surface area contributed by atoms with Gasteiger partial charge in [0.2, 0.25) is 5.78 Å². The SMILES string of the molecule is COC1=C(C)C2CC(=O)OC3CC4C(C)CC(OC(C)=O)C(=O)C4(C)C(C1=O)C32C. The Balaban J connectivity index is 1.92. The van der Waals surface area contributed by atoms with Crippen molar-refractivity contribution in [2.75, 3.05) is 7.11 Å². The van der Waals surface area contributed by atoms with Gasteiger partial charge in [-0.2, -0.15) is 0 Å². The quantitative estimate of drug-likeness (QED) is 0.636. The number of hydrogen-bond acceptors (Lipinski definition) is 7. The van der Waals surface area contributed by atoms with Gasteiger partial charge in [0.05, 0.1) is 13.5 Å². The van der Waals surface area contributed by atoms with E-state index in [2.05, 4.69) is 0 Å². The van der Waals surface area contributed by atoms with Crippen molar-refractivity contribution in [2.24, 2.45) is 34.5 Å². The molecule has 0 aromatic heterocycles. The van der Waals surface area contributed by atoms with Crippen molar-refractivity contribution < 1.29 is 33.4 Å². The molecule has 2 saturated carbocycles. The summed E-state index contributed by atoms with van der Waals surface area (Å²) in [4.78, 5) is 51.6. The van der Waals surface area contributed by atoms with E-state index in [1.807, 2.05) is 27.7 Å². The summed E-state index contributed by atoms with van der Waals surface area (Å²) in [5.74, 6) is -2.05. The zero-order valence-corrected chi connectivity index (χ0v) is 18.4. The number of rotatable bonds is 2. The van der Waals surface area contributed by atoms with E-state index < -0.39 is 34.9 Å². The molecule has 7 nitrogen and oxygen atoms in total. The average molecular weight is 418 g/mol. The molecular weight excluding hydrogens is 388 g/mol. The molecule has 164 valence electrons. The Labute approximate surface area is 176 Å². The third kappa shape index (κ3) is 2.50. The predicted octanol–water partition coefficient (Wildman–Crippen LogP) is 2.61. The molecule has 0 amide bonds. The van der Waals surface area contributed by atoms with Gasteiger partial charge in [0.15, 0.2) is 17.6 Å². The number of ether oxygens (including phenoxy) is 3. The van der Waals surface area contributed by atoms with E-state index in [1.54, 1.807) is 0 Å². The molecule has 0 N–H and O–H groups in total. The molecule has 4 aliphatic rings. The first-order chi connectivity index (χ1) is 14.0. The fourth-order valence-electron chi connectivity index (χ4n) is 7.30. The van der Waals surface area contributed by atoms with E-state index in [0.29, 0.717) is 12.8 Å². The second-order valence-corrected chi connectivity index (χ2v) is 9.91. The molecule has 1 saturated heterocycles. The van der Waals surface area contributed by atoms with Crippen LogP contribution in [0.25, 0.3) is 0 Å². The van der Waals surface area contributed by atoms with E-state index >= 15 is 0 Å². The number of hydrogen-bond donors (Lipinski definition) is 0. The molecule has 0 aromatic rings. The molecule has 4 rings (SSSR count). The van der Waals surface area contributed by atoms with Crippen LogP contribution < -0.4 is 0 Å². The van der Waals surface area contributed by atoms with Crippen LogP contribution >= 0.6 is 0 Å². The summed E-state index contributed by atoms with van der Waals surface area (Å²) in [6, 6.07) is 0. The highest BCUT2D eigenvalue weighted by molar-refractivity contribution is 6.04. The molecule has 0 bridgehead atoms. The van der Waals surface area contributed by atoms with Crippen LogP contribution in [0.4, 0.5) is 0 Å². The fraction of sp³-hybridized carbons (Fsp3) is 0.739. The van der Waals surface area contributed by atoms with Crippen molar-refractivity contribution in [3.63, 3.8) is 0 Å². The van der Waals surface area contributed by atoms with Crippen molar-refractivity contribution in [1.82, 2.24) is 0 Å². The molecule has 1 heterocycles. The molecule has 7 heteroatoms. The van der Waals surface area contributed by atoms with E-state index in [1.165, 1.54) is 14.0 Å². The first-order valence-electron chi connectivity index (χ1n) is 10.7. The van der Waals surface area contributed by atoms with Crippen molar-refractivity contribution in [3.05, 3.63) is 11.3 Å². The maximum Gasteiger partial charge on any atom is 0.306 e. The van der Waals surface area contributed by atoms with Gasteiger partial charge in [-0.05, 0) is 37.2 Å². The van der Waals surface area contributed by atoms with E-state index in [0.717, 1.165) is 5.57 Å². The van der Waals surface area contributed by atoms with Gasteiger partial charge in [0.1, 0.15) is 6.10 Å². The highest BCUT2D eigenvalue weighted by atomic mass is 16.6. The lowest BCUT2D eigenvalue weighted by atomic mass is 9.39. The molecule has 1 aliphatic heterocycles. The fourth-order valence-corrected chi connectivity index (χ4v) is 7.30. The zero-order chi connectivity index (χ0) is 22.2. The van der Waals surface area contributed by atoms with Crippen molar-refractivity contribution >= 4 is 23.5 Å². The van der Waals surface area contributed by atoms with Gasteiger partial charge in [0, 0.05) is 29.6 Å². The molecule has 3 fully saturated rings. The second kappa shape index (κ2) is 6.66. The molecule has 3 aliphatic carbocycles. The standard InChI is InChI=1S/C23H30O7/c1-10-7-15(29-12(3)24)21(27)23(5)13(10)8-16-22(4)14(9-17(25)30-16)11(2)19(28-6)18(26)20(22)23/h10,13-16,20H,7-9H2,1-6H3. The van der Waals surface area contributed by atoms with E-state index in [-0.39, 0.29) is 47.5 Å². The topological polar surface area (TPSA) is 96.0 Å². The third-order valence-corrected chi connectivity index (χ3v) is 8.52. The highest BCUT2D eigenvalue weighted by Gasteiger charge is 2.72. The summed E-state index contributed by atoms with van der Waals surface area (Å²) in [5.41, 5.74) is -1.000. The van der Waals surface area contributed by atoms with Crippen molar-refractivity contribution in [1.29, 1.82) is 0 Å². The minimum Gasteiger partial charge on any atom is -0.493 e. The van der Waals surface area contributed by atoms with Crippen LogP contribution in [0.15, 0.2) is 11.3 Å². The average Bonchev–Trinajstić information content (AvgIpc) is 2.64. The summed E-state index contributed by atoms with van der Waals surface area (Å²) in [7, 11) is 1.45. The molecular formula is C23H30O7. The van der Waals surface area contributed by atoms with Gasteiger partial charge in [-0.3, -0.25) is 19.2 Å². The lowest BCUT2D eigenvalue weighted by molar-refractivity contribution is -0.225. The number of allylic oxidation sites excluding steroid dienone is 2. The smallest absolute Gasteiger partial charge is 0.306 e. The maximum atomic E-state index is 13.8. The van der Waals surface area contributed by atoms with Crippen LogP contribution in [0.3, 0.4) is 0 Å². The number of fused-ring (bicyclic) bond motifs is 2. The van der Waals surface area contributed by atoms with Gasteiger partial charge in [-0.1, -0.05) is 20.8 Å². The van der Waals surface area contributed by atoms with Gasteiger partial charge in [-0.25, -0.2) is 0 Å². The largest absolute Gasteiger partial charge is 0.493 e. The Kier molecular flexibility index (Phi) is 4.68. The minimum absolute atomic E-state index is 0.0199. The monoisotopic (exact) mass is 418 g/mol. The van der Waals surface area contributed by atoms with Gasteiger partial charge in [-0.15, -0.1) is 0 Å². The van der Waals surface area contributed by atoms with Crippen LogP contribution in [0.2, 0.25) is 0 Å². The third-order valence-electron chi connectivity index (χ3n) is 8.52. The van der Waals surface area contributed by atoms with Crippen LogP contribution in [0.1, 0.15) is 53.9 Å². The van der Waals surface area contributed by atoms with Gasteiger partial charge in [0.25, 0.3) is 0 Å².